The third kappa shape index (κ3) is 7.90. The first-order valence-corrected chi connectivity index (χ1v) is 13.9. The van der Waals surface area contributed by atoms with E-state index in [1.54, 1.807) is 61.5 Å². The molecule has 0 unspecified atom stereocenters. The molecule has 41 heavy (non-hydrogen) atoms. The second-order valence-corrected chi connectivity index (χ2v) is 10.5. The Labute approximate surface area is 246 Å². The molecular weight excluding hydrogens is 566 g/mol. The van der Waals surface area contributed by atoms with Crippen molar-refractivity contribution < 1.29 is 28.7 Å². The van der Waals surface area contributed by atoms with Crippen LogP contribution in [0.15, 0.2) is 65.6 Å². The van der Waals surface area contributed by atoms with Gasteiger partial charge in [0.1, 0.15) is 6.54 Å². The lowest BCUT2D eigenvalue weighted by atomic mass is 10.1. The number of benzene rings is 3. The van der Waals surface area contributed by atoms with Crippen molar-refractivity contribution in [3.05, 3.63) is 87.3 Å². The van der Waals surface area contributed by atoms with Crippen molar-refractivity contribution in [1.29, 1.82) is 0 Å². The number of carbonyl (C=O) groups excluding carboxylic acids is 4. The molecule has 3 aromatic carbocycles. The Morgan fingerprint density at radius 1 is 0.902 bits per heavy atom. The van der Waals surface area contributed by atoms with E-state index >= 15 is 0 Å². The summed E-state index contributed by atoms with van der Waals surface area (Å²) < 4.78 is 11.3. The van der Waals surface area contributed by atoms with Crippen molar-refractivity contribution in [2.75, 3.05) is 30.4 Å². The number of thioether (sulfide) groups is 1. The predicted octanol–water partition coefficient (Wildman–Crippen LogP) is 6.05. The van der Waals surface area contributed by atoms with Gasteiger partial charge < -0.3 is 20.1 Å². The highest BCUT2D eigenvalue weighted by Crippen LogP contribution is 2.34. The molecule has 0 aliphatic carbocycles. The molecule has 9 nitrogen and oxygen atoms in total. The summed E-state index contributed by atoms with van der Waals surface area (Å²) in [6.07, 6.45) is 1.55. The standard InChI is InChI=1S/C30H28ClN3O6S/c1-4-39-25-13-20(9-11-24(25)40-17-28(36)33-22-7-5-6-21(31)15-22)14-26-29(37)34(30(38)41-26)16-27(35)32-23-10-8-18(2)19(3)12-23/h5-15H,4,16-17H2,1-3H3,(H,32,35)(H,33,36)/b26-14+. The Morgan fingerprint density at radius 2 is 1.66 bits per heavy atom. The van der Waals surface area contributed by atoms with Crippen molar-refractivity contribution >= 4 is 63.8 Å². The van der Waals surface area contributed by atoms with Gasteiger partial charge in [-0.2, -0.15) is 0 Å². The molecule has 2 N–H and O–H groups in total. The zero-order chi connectivity index (χ0) is 29.5. The van der Waals surface area contributed by atoms with E-state index in [9.17, 15) is 19.2 Å². The minimum atomic E-state index is -0.564. The highest BCUT2D eigenvalue weighted by atomic mass is 35.5. The van der Waals surface area contributed by atoms with E-state index in [0.717, 1.165) is 27.8 Å². The van der Waals surface area contributed by atoms with Crippen LogP contribution >= 0.6 is 23.4 Å². The van der Waals surface area contributed by atoms with Gasteiger partial charge in [0, 0.05) is 16.4 Å². The van der Waals surface area contributed by atoms with Gasteiger partial charge in [0.2, 0.25) is 5.91 Å². The number of hydrogen-bond acceptors (Lipinski definition) is 7. The van der Waals surface area contributed by atoms with Gasteiger partial charge >= 0.3 is 0 Å². The Kier molecular flexibility index (Phi) is 9.69. The van der Waals surface area contributed by atoms with Crippen LogP contribution in [0.25, 0.3) is 6.08 Å². The minimum absolute atomic E-state index is 0.172. The molecule has 4 amide bonds. The zero-order valence-corrected chi connectivity index (χ0v) is 24.2. The summed E-state index contributed by atoms with van der Waals surface area (Å²) in [5.41, 5.74) is 3.82. The molecule has 212 valence electrons. The average molecular weight is 594 g/mol. The maximum absolute atomic E-state index is 13.0. The molecule has 3 aromatic rings. The van der Waals surface area contributed by atoms with Crippen LogP contribution in [-0.2, 0) is 14.4 Å². The lowest BCUT2D eigenvalue weighted by molar-refractivity contribution is -0.127. The molecule has 1 aliphatic rings. The maximum Gasteiger partial charge on any atom is 0.294 e. The second-order valence-electron chi connectivity index (χ2n) is 9.10. The summed E-state index contributed by atoms with van der Waals surface area (Å²) >= 11 is 6.71. The summed E-state index contributed by atoms with van der Waals surface area (Å²) in [6, 6.07) is 17.2. The largest absolute Gasteiger partial charge is 0.490 e. The fourth-order valence-corrected chi connectivity index (χ4v) is 4.89. The molecular formula is C30H28ClN3O6S. The molecule has 1 heterocycles. The average Bonchev–Trinajstić information content (AvgIpc) is 3.17. The Morgan fingerprint density at radius 3 is 2.39 bits per heavy atom. The fourth-order valence-electron chi connectivity index (χ4n) is 3.86. The number of aryl methyl sites for hydroxylation is 2. The third-order valence-corrected chi connectivity index (χ3v) is 7.14. The maximum atomic E-state index is 13.0. The van der Waals surface area contributed by atoms with Crippen LogP contribution in [-0.4, -0.2) is 47.6 Å². The molecule has 0 bridgehead atoms. The lowest BCUT2D eigenvalue weighted by Gasteiger charge is -2.13. The topological polar surface area (TPSA) is 114 Å². The van der Waals surface area contributed by atoms with Gasteiger partial charge in [-0.1, -0.05) is 29.8 Å². The summed E-state index contributed by atoms with van der Waals surface area (Å²) in [5, 5.41) is 5.39. The number of carbonyl (C=O) groups is 4. The summed E-state index contributed by atoms with van der Waals surface area (Å²) in [5.74, 6) is -0.721. The van der Waals surface area contributed by atoms with Crippen molar-refractivity contribution in [2.45, 2.75) is 20.8 Å². The van der Waals surface area contributed by atoms with E-state index in [4.69, 9.17) is 21.1 Å². The number of nitrogens with zero attached hydrogens (tertiary/aromatic N) is 1. The molecule has 0 radical (unpaired) electrons. The van der Waals surface area contributed by atoms with Gasteiger partial charge in [-0.25, -0.2) is 0 Å². The van der Waals surface area contributed by atoms with Gasteiger partial charge in [-0.15, -0.1) is 0 Å². The van der Waals surface area contributed by atoms with Crippen LogP contribution in [0, 0.1) is 13.8 Å². The molecule has 1 fully saturated rings. The van der Waals surface area contributed by atoms with Gasteiger partial charge in [-0.05, 0) is 97.8 Å². The smallest absolute Gasteiger partial charge is 0.294 e. The van der Waals surface area contributed by atoms with Crippen molar-refractivity contribution in [3.63, 3.8) is 0 Å². The number of ether oxygens (including phenoxy) is 2. The molecule has 1 aliphatic heterocycles. The first kappa shape index (κ1) is 29.7. The quantitative estimate of drug-likeness (QED) is 0.275. The number of nitrogens with one attached hydrogen (secondary N) is 2. The number of rotatable bonds is 10. The number of anilines is 2. The van der Waals surface area contributed by atoms with Crippen LogP contribution in [0.4, 0.5) is 16.2 Å². The molecule has 11 heteroatoms. The number of imide groups is 1. The highest BCUT2D eigenvalue weighted by Gasteiger charge is 2.36. The van der Waals surface area contributed by atoms with Crippen LogP contribution in [0.1, 0.15) is 23.6 Å². The fraction of sp³-hybridized carbons (Fsp3) is 0.200. The summed E-state index contributed by atoms with van der Waals surface area (Å²) in [7, 11) is 0. The van der Waals surface area contributed by atoms with Gasteiger partial charge in [0.05, 0.1) is 11.5 Å². The Bertz CT molecular complexity index is 1540. The van der Waals surface area contributed by atoms with E-state index in [0.29, 0.717) is 40.1 Å². The predicted molar refractivity (Wildman–Crippen MR) is 160 cm³/mol. The first-order chi connectivity index (χ1) is 19.6. The summed E-state index contributed by atoms with van der Waals surface area (Å²) in [4.78, 5) is 51.5. The number of amides is 4. The monoisotopic (exact) mass is 593 g/mol. The third-order valence-electron chi connectivity index (χ3n) is 6.00. The highest BCUT2D eigenvalue weighted by molar-refractivity contribution is 8.18. The molecule has 1 saturated heterocycles. The molecule has 0 spiro atoms. The van der Waals surface area contributed by atoms with Crippen molar-refractivity contribution in [1.82, 2.24) is 4.90 Å². The van der Waals surface area contributed by atoms with Crippen LogP contribution in [0.5, 0.6) is 11.5 Å². The Balaban J connectivity index is 1.40. The molecule has 4 rings (SSSR count). The Hall–Kier alpha value is -4.28. The molecule has 0 saturated carbocycles. The van der Waals surface area contributed by atoms with Gasteiger partial charge in [0.15, 0.2) is 18.1 Å². The molecule has 0 aromatic heterocycles. The first-order valence-electron chi connectivity index (χ1n) is 12.7. The minimum Gasteiger partial charge on any atom is -0.490 e. The van der Waals surface area contributed by atoms with E-state index in [2.05, 4.69) is 10.6 Å². The normalized spacial score (nSPS) is 13.9. The van der Waals surface area contributed by atoms with Crippen molar-refractivity contribution in [3.8, 4) is 11.5 Å². The van der Waals surface area contributed by atoms with Crippen LogP contribution in [0.2, 0.25) is 5.02 Å². The SMILES string of the molecule is CCOc1cc(/C=C2/SC(=O)N(CC(=O)Nc3ccc(C)c(C)c3)C2=O)ccc1OCC(=O)Nc1cccc(Cl)c1. The lowest BCUT2D eigenvalue weighted by Crippen LogP contribution is -2.36. The van der Waals surface area contributed by atoms with Crippen LogP contribution in [0.3, 0.4) is 0 Å². The second kappa shape index (κ2) is 13.4. The van der Waals surface area contributed by atoms with E-state index in [1.165, 1.54) is 0 Å². The van der Waals surface area contributed by atoms with Crippen LogP contribution < -0.4 is 20.1 Å². The van der Waals surface area contributed by atoms with E-state index in [1.807, 2.05) is 26.0 Å². The zero-order valence-electron chi connectivity index (χ0n) is 22.7. The summed E-state index contributed by atoms with van der Waals surface area (Å²) in [6.45, 7) is 5.37. The number of hydrogen-bond donors (Lipinski definition) is 2. The van der Waals surface area contributed by atoms with E-state index in [-0.39, 0.29) is 17.4 Å². The van der Waals surface area contributed by atoms with Gasteiger partial charge in [0.25, 0.3) is 17.1 Å². The molecule has 0 atom stereocenters. The van der Waals surface area contributed by atoms with Crippen molar-refractivity contribution in [2.24, 2.45) is 0 Å². The van der Waals surface area contributed by atoms with E-state index < -0.39 is 23.6 Å². The number of halogens is 1. The van der Waals surface area contributed by atoms with Gasteiger partial charge in [-0.3, -0.25) is 24.1 Å².